The molecule has 0 aliphatic carbocycles. The summed E-state index contributed by atoms with van der Waals surface area (Å²) in [5, 5.41) is 9.37. The highest BCUT2D eigenvalue weighted by molar-refractivity contribution is 9.10. The van der Waals surface area contributed by atoms with Crippen LogP contribution in [0.2, 0.25) is 0 Å². The zero-order chi connectivity index (χ0) is 15.0. The molecule has 3 rings (SSSR count). The van der Waals surface area contributed by atoms with Crippen molar-refractivity contribution >= 4 is 38.6 Å². The van der Waals surface area contributed by atoms with E-state index in [1.54, 1.807) is 6.07 Å². The Morgan fingerprint density at radius 1 is 1.33 bits per heavy atom. The van der Waals surface area contributed by atoms with Gasteiger partial charge in [-0.05, 0) is 36.8 Å². The second-order valence-electron chi connectivity index (χ2n) is 4.71. The molecule has 104 valence electrons. The molecular weight excluding hydrogens is 350 g/mol. The van der Waals surface area contributed by atoms with Crippen LogP contribution in [0.4, 0.5) is 0 Å². The second kappa shape index (κ2) is 5.51. The summed E-state index contributed by atoms with van der Waals surface area (Å²) in [6, 6.07) is 13.8. The SMILES string of the molecule is Cc1cccc2c1nc(CCl)n2-c1cc(Br)ccc1C#N. The number of hydrogen-bond acceptors (Lipinski definition) is 2. The molecule has 0 amide bonds. The summed E-state index contributed by atoms with van der Waals surface area (Å²) >= 11 is 9.52. The zero-order valence-corrected chi connectivity index (χ0v) is 13.6. The number of aromatic nitrogens is 2. The van der Waals surface area contributed by atoms with Crippen LogP contribution in [0, 0.1) is 18.3 Å². The Bertz CT molecular complexity index is 877. The average Bonchev–Trinajstić information content (AvgIpc) is 2.87. The molecule has 0 atom stereocenters. The van der Waals surface area contributed by atoms with E-state index in [0.717, 1.165) is 32.6 Å². The van der Waals surface area contributed by atoms with Gasteiger partial charge in [-0.3, -0.25) is 4.57 Å². The van der Waals surface area contributed by atoms with E-state index in [1.165, 1.54) is 0 Å². The molecule has 0 radical (unpaired) electrons. The van der Waals surface area contributed by atoms with E-state index in [0.29, 0.717) is 5.56 Å². The first-order valence-electron chi connectivity index (χ1n) is 6.38. The van der Waals surface area contributed by atoms with Gasteiger partial charge in [0.1, 0.15) is 11.9 Å². The van der Waals surface area contributed by atoms with Crippen LogP contribution < -0.4 is 0 Å². The molecule has 3 nitrogen and oxygen atoms in total. The Morgan fingerprint density at radius 2 is 2.14 bits per heavy atom. The number of aryl methyl sites for hydroxylation is 1. The molecule has 0 fully saturated rings. The van der Waals surface area contributed by atoms with Crippen molar-refractivity contribution in [1.82, 2.24) is 9.55 Å². The fraction of sp³-hybridized carbons (Fsp3) is 0.125. The fourth-order valence-electron chi connectivity index (χ4n) is 2.43. The predicted octanol–water partition coefficient (Wildman–Crippen LogP) is 4.71. The number of halogens is 2. The Balaban J connectivity index is 2.43. The lowest BCUT2D eigenvalue weighted by Gasteiger charge is -2.10. The van der Waals surface area contributed by atoms with Gasteiger partial charge in [0.15, 0.2) is 0 Å². The molecule has 0 aliphatic heterocycles. The maximum absolute atomic E-state index is 9.37. The van der Waals surface area contributed by atoms with Gasteiger partial charge in [0.2, 0.25) is 0 Å². The topological polar surface area (TPSA) is 41.6 Å². The molecule has 2 aromatic carbocycles. The van der Waals surface area contributed by atoms with Gasteiger partial charge in [0.25, 0.3) is 0 Å². The summed E-state index contributed by atoms with van der Waals surface area (Å²) in [7, 11) is 0. The number of imidazole rings is 1. The summed E-state index contributed by atoms with van der Waals surface area (Å²) in [5.74, 6) is 1.02. The van der Waals surface area contributed by atoms with E-state index in [9.17, 15) is 5.26 Å². The van der Waals surface area contributed by atoms with Crippen molar-refractivity contribution in [3.8, 4) is 11.8 Å². The van der Waals surface area contributed by atoms with E-state index >= 15 is 0 Å². The Labute approximate surface area is 135 Å². The van der Waals surface area contributed by atoms with Gasteiger partial charge in [-0.2, -0.15) is 5.26 Å². The zero-order valence-electron chi connectivity index (χ0n) is 11.3. The van der Waals surface area contributed by atoms with Crippen LogP contribution in [0.5, 0.6) is 0 Å². The summed E-state index contributed by atoms with van der Waals surface area (Å²) < 4.78 is 2.87. The first-order chi connectivity index (χ1) is 10.2. The average molecular weight is 361 g/mol. The van der Waals surface area contributed by atoms with Crippen molar-refractivity contribution in [3.63, 3.8) is 0 Å². The molecule has 1 heterocycles. The summed E-state index contributed by atoms with van der Waals surface area (Å²) in [5.41, 5.74) is 4.34. The van der Waals surface area contributed by atoms with Gasteiger partial charge in [-0.1, -0.05) is 28.1 Å². The largest absolute Gasteiger partial charge is 0.294 e. The number of alkyl halides is 1. The van der Waals surface area contributed by atoms with Crippen molar-refractivity contribution in [3.05, 3.63) is 57.8 Å². The van der Waals surface area contributed by atoms with E-state index < -0.39 is 0 Å². The number of benzene rings is 2. The molecule has 21 heavy (non-hydrogen) atoms. The van der Waals surface area contributed by atoms with Gasteiger partial charge in [-0.25, -0.2) is 4.98 Å². The van der Waals surface area contributed by atoms with Crippen molar-refractivity contribution in [2.24, 2.45) is 0 Å². The normalized spacial score (nSPS) is 10.8. The quantitative estimate of drug-likeness (QED) is 0.621. The third-order valence-corrected chi connectivity index (χ3v) is 4.13. The van der Waals surface area contributed by atoms with E-state index in [-0.39, 0.29) is 5.88 Å². The van der Waals surface area contributed by atoms with Gasteiger partial charge >= 0.3 is 0 Å². The molecule has 1 aromatic heterocycles. The molecule has 0 unspecified atom stereocenters. The maximum Gasteiger partial charge on any atom is 0.129 e. The highest BCUT2D eigenvalue weighted by Gasteiger charge is 2.15. The molecule has 0 saturated heterocycles. The minimum absolute atomic E-state index is 0.283. The Kier molecular flexibility index (Phi) is 3.71. The molecule has 0 aliphatic rings. The van der Waals surface area contributed by atoms with E-state index in [1.807, 2.05) is 41.8 Å². The number of fused-ring (bicyclic) bond motifs is 1. The summed E-state index contributed by atoms with van der Waals surface area (Å²) in [4.78, 5) is 4.62. The van der Waals surface area contributed by atoms with Crippen LogP contribution in [0.3, 0.4) is 0 Å². The number of rotatable bonds is 2. The number of nitrogens with zero attached hydrogens (tertiary/aromatic N) is 3. The van der Waals surface area contributed by atoms with Crippen molar-refractivity contribution in [2.75, 3.05) is 0 Å². The molecule has 3 aromatic rings. The first-order valence-corrected chi connectivity index (χ1v) is 7.71. The summed E-state index contributed by atoms with van der Waals surface area (Å²) in [6.45, 7) is 2.02. The maximum atomic E-state index is 9.37. The lowest BCUT2D eigenvalue weighted by Crippen LogP contribution is -2.02. The van der Waals surface area contributed by atoms with Crippen LogP contribution in [-0.2, 0) is 5.88 Å². The van der Waals surface area contributed by atoms with E-state index in [2.05, 4.69) is 27.0 Å². The van der Waals surface area contributed by atoms with Gasteiger partial charge in [0, 0.05) is 4.47 Å². The Hall–Kier alpha value is -1.83. The molecular formula is C16H11BrClN3. The Morgan fingerprint density at radius 3 is 2.86 bits per heavy atom. The smallest absolute Gasteiger partial charge is 0.129 e. The van der Waals surface area contributed by atoms with Gasteiger partial charge in [0.05, 0.1) is 28.2 Å². The molecule has 0 N–H and O–H groups in total. The van der Waals surface area contributed by atoms with Crippen LogP contribution in [0.25, 0.3) is 16.7 Å². The van der Waals surface area contributed by atoms with Gasteiger partial charge in [-0.15, -0.1) is 11.6 Å². The minimum Gasteiger partial charge on any atom is -0.294 e. The monoisotopic (exact) mass is 359 g/mol. The molecule has 0 spiro atoms. The van der Waals surface area contributed by atoms with Crippen molar-refractivity contribution < 1.29 is 0 Å². The van der Waals surface area contributed by atoms with Crippen molar-refractivity contribution in [2.45, 2.75) is 12.8 Å². The van der Waals surface area contributed by atoms with E-state index in [4.69, 9.17) is 11.6 Å². The highest BCUT2D eigenvalue weighted by atomic mass is 79.9. The van der Waals surface area contributed by atoms with Crippen molar-refractivity contribution in [1.29, 1.82) is 5.26 Å². The molecule has 0 saturated carbocycles. The highest BCUT2D eigenvalue weighted by Crippen LogP contribution is 2.28. The van der Waals surface area contributed by atoms with Crippen LogP contribution in [-0.4, -0.2) is 9.55 Å². The van der Waals surface area contributed by atoms with Crippen LogP contribution in [0.15, 0.2) is 40.9 Å². The predicted molar refractivity (Wildman–Crippen MR) is 87.8 cm³/mol. The standard InChI is InChI=1S/C16H11BrClN3/c1-10-3-2-4-13-16(10)20-15(8-18)21(13)14-7-12(17)6-5-11(14)9-19/h2-7H,8H2,1H3. The third-order valence-electron chi connectivity index (χ3n) is 3.40. The van der Waals surface area contributed by atoms with Crippen LogP contribution >= 0.6 is 27.5 Å². The molecule has 5 heteroatoms. The fourth-order valence-corrected chi connectivity index (χ4v) is 2.96. The lowest BCUT2D eigenvalue weighted by molar-refractivity contribution is 0.977. The molecule has 0 bridgehead atoms. The number of para-hydroxylation sites is 1. The summed E-state index contributed by atoms with van der Waals surface area (Å²) in [6.07, 6.45) is 0. The first kappa shape index (κ1) is 14.1. The number of nitriles is 1. The third kappa shape index (κ3) is 2.33. The minimum atomic E-state index is 0.283. The van der Waals surface area contributed by atoms with Crippen LogP contribution in [0.1, 0.15) is 17.0 Å². The second-order valence-corrected chi connectivity index (χ2v) is 5.90. The lowest BCUT2D eigenvalue weighted by atomic mass is 10.1. The van der Waals surface area contributed by atoms with Gasteiger partial charge < -0.3 is 0 Å². The number of hydrogen-bond donors (Lipinski definition) is 0.